The number of ether oxygens (including phenoxy) is 8. The number of carbonyl (C=O) groups is 2. The van der Waals surface area contributed by atoms with E-state index in [9.17, 15) is 9.59 Å². The highest BCUT2D eigenvalue weighted by Crippen LogP contribution is 2.29. The molecule has 262 valence electrons. The maximum absolute atomic E-state index is 10.8. The molecule has 0 aromatic rings. The van der Waals surface area contributed by atoms with E-state index in [1.165, 1.54) is 63.3 Å². The van der Waals surface area contributed by atoms with Crippen LogP contribution < -0.4 is 0 Å². The highest BCUT2D eigenvalue weighted by atomic mass is 16.5. The van der Waals surface area contributed by atoms with Crippen LogP contribution in [-0.2, 0) is 47.5 Å². The monoisotopic (exact) mass is 650 g/mol. The summed E-state index contributed by atoms with van der Waals surface area (Å²) >= 11 is 0. The standard InChI is InChI=1S/C12H20O2.C10H14O4.C8H14O2.C6H10O2/c1-3-13-9-11-5-7-12(8-6-11)10-14-4-2;1-3-13-9(11)7-5-6-8-10(12)14-4-2;1-3-9-7-5-6-8-10-4-2;1-3-7-5-6-8-4-2/h3-4,11-12H,1-2,5-10H2;3-4H,1-2,5-8H2;3-4H,1-2,5-8H2;3-4H,1-2,5-6H2. The molecule has 1 aliphatic carbocycles. The van der Waals surface area contributed by atoms with Crippen molar-refractivity contribution < 1.29 is 47.5 Å². The highest BCUT2D eigenvalue weighted by Gasteiger charge is 2.21. The summed E-state index contributed by atoms with van der Waals surface area (Å²) in [6.45, 7) is 31.4. The van der Waals surface area contributed by atoms with Crippen LogP contribution in [0.4, 0.5) is 0 Å². The Morgan fingerprint density at radius 3 is 1.02 bits per heavy atom. The third-order valence-electron chi connectivity index (χ3n) is 5.87. The Kier molecular flexibility index (Phi) is 40.7. The predicted octanol–water partition coefficient (Wildman–Crippen LogP) is 8.43. The van der Waals surface area contributed by atoms with Crippen LogP contribution in [0.2, 0.25) is 0 Å². The average molecular weight is 651 g/mol. The van der Waals surface area contributed by atoms with Crippen molar-refractivity contribution in [3.63, 3.8) is 0 Å². The third kappa shape index (κ3) is 39.7. The minimum atomic E-state index is -0.336. The Morgan fingerprint density at radius 1 is 0.435 bits per heavy atom. The second-order valence-electron chi connectivity index (χ2n) is 9.26. The molecule has 0 amide bonds. The van der Waals surface area contributed by atoms with Gasteiger partial charge in [-0.15, -0.1) is 0 Å². The second-order valence-corrected chi connectivity index (χ2v) is 9.26. The molecule has 0 aliphatic heterocycles. The summed E-state index contributed by atoms with van der Waals surface area (Å²) in [5, 5.41) is 0. The molecule has 1 fully saturated rings. The molecule has 10 heteroatoms. The van der Waals surface area contributed by atoms with Gasteiger partial charge in [-0.2, -0.15) is 0 Å². The van der Waals surface area contributed by atoms with Gasteiger partial charge in [-0.1, -0.05) is 52.6 Å². The Bertz CT molecular complexity index is 735. The average Bonchev–Trinajstić information content (AvgIpc) is 3.06. The predicted molar refractivity (Wildman–Crippen MR) is 183 cm³/mol. The fourth-order valence-electron chi connectivity index (χ4n) is 3.62. The maximum Gasteiger partial charge on any atom is 0.310 e. The Hall–Kier alpha value is -4.34. The van der Waals surface area contributed by atoms with Crippen molar-refractivity contribution in [3.05, 3.63) is 103 Å². The van der Waals surface area contributed by atoms with E-state index in [4.69, 9.17) is 28.4 Å². The van der Waals surface area contributed by atoms with Crippen molar-refractivity contribution in [2.75, 3.05) is 39.6 Å². The lowest BCUT2D eigenvalue weighted by Gasteiger charge is -2.27. The van der Waals surface area contributed by atoms with E-state index in [1.54, 1.807) is 0 Å². The summed E-state index contributed by atoms with van der Waals surface area (Å²) in [4.78, 5) is 21.6. The molecule has 0 N–H and O–H groups in total. The lowest BCUT2D eigenvalue weighted by molar-refractivity contribution is -0.140. The summed E-state index contributed by atoms with van der Waals surface area (Å²) in [6, 6.07) is 0. The first-order valence-electron chi connectivity index (χ1n) is 15.4. The first-order valence-corrected chi connectivity index (χ1v) is 15.4. The molecular formula is C36H58O10. The van der Waals surface area contributed by atoms with Crippen LogP contribution in [0.25, 0.3) is 0 Å². The van der Waals surface area contributed by atoms with Gasteiger partial charge in [0.05, 0.1) is 76.5 Å². The van der Waals surface area contributed by atoms with Crippen LogP contribution in [0.5, 0.6) is 0 Å². The summed E-state index contributed by atoms with van der Waals surface area (Å²) in [6.07, 6.45) is 19.7. The Labute approximate surface area is 277 Å². The minimum Gasteiger partial charge on any atom is -0.502 e. The summed E-state index contributed by atoms with van der Waals surface area (Å²) in [5.74, 6) is 0.759. The van der Waals surface area contributed by atoms with E-state index in [1.807, 2.05) is 0 Å². The molecule has 1 saturated carbocycles. The summed E-state index contributed by atoms with van der Waals surface area (Å²) < 4.78 is 38.6. The van der Waals surface area contributed by atoms with E-state index in [0.29, 0.717) is 37.9 Å². The number of rotatable bonds is 25. The summed E-state index contributed by atoms with van der Waals surface area (Å²) in [7, 11) is 0. The fraction of sp³-hybridized carbons (Fsp3) is 0.500. The molecule has 0 saturated heterocycles. The zero-order chi connectivity index (χ0) is 34.9. The first-order chi connectivity index (χ1) is 22.4. The number of hydrogen-bond donors (Lipinski definition) is 0. The van der Waals surface area contributed by atoms with Gasteiger partial charge in [-0.25, -0.2) is 0 Å². The van der Waals surface area contributed by atoms with E-state index >= 15 is 0 Å². The minimum absolute atomic E-state index is 0.285. The fourth-order valence-corrected chi connectivity index (χ4v) is 3.62. The quantitative estimate of drug-likeness (QED) is 0.0543. The van der Waals surface area contributed by atoms with Gasteiger partial charge in [0.25, 0.3) is 0 Å². The van der Waals surface area contributed by atoms with Crippen LogP contribution >= 0.6 is 0 Å². The van der Waals surface area contributed by atoms with Crippen molar-refractivity contribution in [2.45, 2.75) is 64.2 Å². The van der Waals surface area contributed by atoms with Gasteiger partial charge in [-0.05, 0) is 63.2 Å². The van der Waals surface area contributed by atoms with Gasteiger partial charge in [0.1, 0.15) is 13.2 Å². The number of esters is 2. The van der Waals surface area contributed by atoms with Crippen LogP contribution in [0.1, 0.15) is 64.2 Å². The Balaban J connectivity index is -0.000000550. The van der Waals surface area contributed by atoms with Gasteiger partial charge < -0.3 is 37.9 Å². The van der Waals surface area contributed by atoms with Crippen LogP contribution in [0.3, 0.4) is 0 Å². The molecule has 0 aromatic heterocycles. The molecule has 0 unspecified atom stereocenters. The number of carbonyl (C=O) groups excluding carboxylic acids is 2. The van der Waals surface area contributed by atoms with Gasteiger partial charge in [-0.3, -0.25) is 9.59 Å². The zero-order valence-electron chi connectivity index (χ0n) is 27.8. The molecule has 0 radical (unpaired) electrons. The van der Waals surface area contributed by atoms with Crippen molar-refractivity contribution in [1.29, 1.82) is 0 Å². The van der Waals surface area contributed by atoms with Crippen molar-refractivity contribution >= 4 is 11.9 Å². The van der Waals surface area contributed by atoms with E-state index < -0.39 is 0 Å². The van der Waals surface area contributed by atoms with Crippen molar-refractivity contribution in [1.82, 2.24) is 0 Å². The molecule has 1 aliphatic rings. The lowest BCUT2D eigenvalue weighted by Crippen LogP contribution is -2.20. The molecule has 0 heterocycles. The topological polar surface area (TPSA) is 108 Å². The normalized spacial score (nSPS) is 13.9. The SMILES string of the molecule is C=COC(=O)CCCCC(=O)OC=C.C=COCC1CCC(COC=C)CC1.C=COCCCCOC=C.C=COCCOC=C. The zero-order valence-corrected chi connectivity index (χ0v) is 27.8. The van der Waals surface area contributed by atoms with E-state index in [2.05, 4.69) is 62.1 Å². The van der Waals surface area contributed by atoms with E-state index in [-0.39, 0.29) is 24.8 Å². The van der Waals surface area contributed by atoms with Crippen LogP contribution in [0.15, 0.2) is 103 Å². The highest BCUT2D eigenvalue weighted by molar-refractivity contribution is 5.71. The molecule has 0 spiro atoms. The molecule has 0 bridgehead atoms. The van der Waals surface area contributed by atoms with Gasteiger partial charge in [0.15, 0.2) is 0 Å². The number of hydrogen-bond acceptors (Lipinski definition) is 10. The van der Waals surface area contributed by atoms with Gasteiger partial charge in [0.2, 0.25) is 0 Å². The lowest BCUT2D eigenvalue weighted by atomic mass is 9.83. The van der Waals surface area contributed by atoms with Crippen molar-refractivity contribution in [3.8, 4) is 0 Å². The van der Waals surface area contributed by atoms with Crippen LogP contribution in [-0.4, -0.2) is 51.6 Å². The van der Waals surface area contributed by atoms with Crippen molar-refractivity contribution in [2.24, 2.45) is 11.8 Å². The Morgan fingerprint density at radius 2 is 0.739 bits per heavy atom. The first kappa shape index (κ1) is 46.1. The molecule has 46 heavy (non-hydrogen) atoms. The van der Waals surface area contributed by atoms with Gasteiger partial charge >= 0.3 is 11.9 Å². The van der Waals surface area contributed by atoms with E-state index in [0.717, 1.165) is 51.8 Å². The number of unbranched alkanes of at least 4 members (excludes halogenated alkanes) is 2. The third-order valence-corrected chi connectivity index (χ3v) is 5.87. The molecule has 0 aromatic carbocycles. The van der Waals surface area contributed by atoms with Gasteiger partial charge in [0, 0.05) is 12.8 Å². The maximum atomic E-state index is 10.8. The molecule has 0 atom stereocenters. The second kappa shape index (κ2) is 40.7. The van der Waals surface area contributed by atoms with Crippen LogP contribution in [0, 0.1) is 11.8 Å². The molecule has 1 rings (SSSR count). The summed E-state index contributed by atoms with van der Waals surface area (Å²) in [5.41, 5.74) is 0. The molecule has 10 nitrogen and oxygen atoms in total. The largest absolute Gasteiger partial charge is 0.502 e. The molecular weight excluding hydrogens is 592 g/mol. The smallest absolute Gasteiger partial charge is 0.310 e.